The zero-order valence-corrected chi connectivity index (χ0v) is 18.3. The lowest BCUT2D eigenvalue weighted by Crippen LogP contribution is -2.12. The molecule has 0 aliphatic carbocycles. The van der Waals surface area contributed by atoms with E-state index in [0.29, 0.717) is 13.2 Å². The Morgan fingerprint density at radius 1 is 0.839 bits per heavy atom. The van der Waals surface area contributed by atoms with Crippen LogP contribution >= 0.6 is 0 Å². The number of ether oxygens (including phenoxy) is 3. The van der Waals surface area contributed by atoms with E-state index in [-0.39, 0.29) is 30.1 Å². The molecule has 0 aromatic carbocycles. The van der Waals surface area contributed by atoms with Crippen molar-refractivity contribution in [1.29, 1.82) is 0 Å². The Labute approximate surface area is 182 Å². The van der Waals surface area contributed by atoms with E-state index < -0.39 is 30.3 Å². The fourth-order valence-electron chi connectivity index (χ4n) is 1.33. The largest absolute Gasteiger partial charge is 0.481 e. The van der Waals surface area contributed by atoms with Crippen molar-refractivity contribution in [3.63, 3.8) is 0 Å². The maximum atomic E-state index is 11.0. The van der Waals surface area contributed by atoms with Crippen molar-refractivity contribution in [2.75, 3.05) is 19.8 Å². The number of hydrogen-bond acceptors (Lipinski definition) is 8. The van der Waals surface area contributed by atoms with Gasteiger partial charge in [0.15, 0.2) is 0 Å². The molecule has 0 fully saturated rings. The van der Waals surface area contributed by atoms with Crippen LogP contribution in [0.25, 0.3) is 0 Å². The van der Waals surface area contributed by atoms with Crippen LogP contribution in [0.3, 0.4) is 0 Å². The Bertz CT molecular complexity index is 634. The Morgan fingerprint density at radius 3 is 1.74 bits per heavy atom. The predicted octanol–water partition coefficient (Wildman–Crippen LogP) is 2.68. The molecule has 0 rings (SSSR count). The van der Waals surface area contributed by atoms with Crippen LogP contribution in [0.2, 0.25) is 0 Å². The molecular formula is C21H32O10. The van der Waals surface area contributed by atoms with Crippen molar-refractivity contribution in [2.45, 2.75) is 46.5 Å². The summed E-state index contributed by atoms with van der Waals surface area (Å²) in [4.78, 5) is 51.8. The minimum atomic E-state index is -1.27. The van der Waals surface area contributed by atoms with Gasteiger partial charge in [-0.05, 0) is 20.3 Å². The second kappa shape index (κ2) is 21.3. The first-order chi connectivity index (χ1) is 14.5. The number of carboxylic acids is 2. The third kappa shape index (κ3) is 24.5. The summed E-state index contributed by atoms with van der Waals surface area (Å²) in [6.07, 6.45) is 2.54. The van der Waals surface area contributed by atoms with Gasteiger partial charge in [-0.2, -0.15) is 0 Å². The van der Waals surface area contributed by atoms with Crippen molar-refractivity contribution >= 4 is 29.8 Å². The SMILES string of the molecule is C=C(CC(=O)O)C(=O)O.C=C(CC(=O)OCC)C(=O)OCC.C=CC(=O)OCCCC. The highest BCUT2D eigenvalue weighted by molar-refractivity contribution is 5.93. The van der Waals surface area contributed by atoms with Crippen molar-refractivity contribution in [3.05, 3.63) is 37.0 Å². The van der Waals surface area contributed by atoms with Gasteiger partial charge < -0.3 is 24.4 Å². The summed E-state index contributed by atoms with van der Waals surface area (Å²) in [6, 6.07) is 0. The molecule has 0 bridgehead atoms. The highest BCUT2D eigenvalue weighted by atomic mass is 16.5. The van der Waals surface area contributed by atoms with E-state index >= 15 is 0 Å². The van der Waals surface area contributed by atoms with Gasteiger partial charge in [0, 0.05) is 17.2 Å². The molecule has 0 saturated heterocycles. The minimum absolute atomic E-state index is 0.104. The Kier molecular flexibility index (Phi) is 22.1. The quantitative estimate of drug-likeness (QED) is 0.199. The minimum Gasteiger partial charge on any atom is -0.481 e. The van der Waals surface area contributed by atoms with Crippen molar-refractivity contribution in [3.8, 4) is 0 Å². The highest BCUT2D eigenvalue weighted by Crippen LogP contribution is 2.02. The summed E-state index contributed by atoms with van der Waals surface area (Å²) in [5, 5.41) is 16.1. The summed E-state index contributed by atoms with van der Waals surface area (Å²) in [5.74, 6) is -3.78. The third-order valence-corrected chi connectivity index (χ3v) is 2.80. The number of hydrogen-bond donors (Lipinski definition) is 2. The molecular weight excluding hydrogens is 412 g/mol. The molecule has 31 heavy (non-hydrogen) atoms. The molecule has 0 aliphatic rings. The molecule has 0 aliphatic heterocycles. The fourth-order valence-corrected chi connectivity index (χ4v) is 1.33. The summed E-state index contributed by atoms with van der Waals surface area (Å²) < 4.78 is 13.9. The molecule has 0 heterocycles. The van der Waals surface area contributed by atoms with Gasteiger partial charge in [0.05, 0.1) is 32.7 Å². The molecule has 10 nitrogen and oxygen atoms in total. The lowest BCUT2D eigenvalue weighted by Gasteiger charge is -2.04. The Morgan fingerprint density at radius 2 is 1.39 bits per heavy atom. The van der Waals surface area contributed by atoms with Crippen LogP contribution < -0.4 is 0 Å². The van der Waals surface area contributed by atoms with Crippen LogP contribution in [0, 0.1) is 0 Å². The number of unbranched alkanes of at least 4 members (excludes halogenated alkanes) is 1. The number of carboxylic acid groups (broad SMARTS) is 2. The predicted molar refractivity (Wildman–Crippen MR) is 112 cm³/mol. The van der Waals surface area contributed by atoms with Crippen LogP contribution in [0.5, 0.6) is 0 Å². The lowest BCUT2D eigenvalue weighted by atomic mass is 10.2. The van der Waals surface area contributed by atoms with E-state index in [2.05, 4.69) is 33.9 Å². The smallest absolute Gasteiger partial charge is 0.333 e. The fraction of sp³-hybridized carbons (Fsp3) is 0.476. The van der Waals surface area contributed by atoms with Crippen LogP contribution in [-0.4, -0.2) is 59.9 Å². The lowest BCUT2D eigenvalue weighted by molar-refractivity contribution is -0.145. The molecule has 0 spiro atoms. The molecule has 0 amide bonds. The van der Waals surface area contributed by atoms with E-state index in [1.165, 1.54) is 6.08 Å². The first kappa shape index (κ1) is 32.2. The second-order valence-electron chi connectivity index (χ2n) is 5.51. The van der Waals surface area contributed by atoms with E-state index in [9.17, 15) is 24.0 Å². The maximum Gasteiger partial charge on any atom is 0.333 e. The second-order valence-corrected chi connectivity index (χ2v) is 5.51. The number of carbonyl (C=O) groups excluding carboxylic acids is 3. The van der Waals surface area contributed by atoms with Gasteiger partial charge in [0.25, 0.3) is 0 Å². The summed E-state index contributed by atoms with van der Waals surface area (Å²) in [6.45, 7) is 16.2. The molecule has 0 saturated carbocycles. The zero-order valence-electron chi connectivity index (χ0n) is 18.3. The molecule has 0 aromatic rings. The average Bonchev–Trinajstić information content (AvgIpc) is 2.68. The van der Waals surface area contributed by atoms with Gasteiger partial charge in [-0.15, -0.1) is 0 Å². The molecule has 0 radical (unpaired) electrons. The number of rotatable bonds is 12. The van der Waals surface area contributed by atoms with Gasteiger partial charge in [-0.1, -0.05) is 33.1 Å². The third-order valence-electron chi connectivity index (χ3n) is 2.80. The van der Waals surface area contributed by atoms with E-state index in [1.54, 1.807) is 13.8 Å². The molecule has 176 valence electrons. The topological polar surface area (TPSA) is 154 Å². The summed E-state index contributed by atoms with van der Waals surface area (Å²) in [7, 11) is 0. The molecule has 10 heteroatoms. The average molecular weight is 444 g/mol. The van der Waals surface area contributed by atoms with Gasteiger partial charge in [-0.25, -0.2) is 14.4 Å². The van der Waals surface area contributed by atoms with Crippen LogP contribution in [0.15, 0.2) is 37.0 Å². The molecule has 0 unspecified atom stereocenters. The van der Waals surface area contributed by atoms with Crippen LogP contribution in [-0.2, 0) is 38.2 Å². The standard InChI is InChI=1S/C9H14O4.C7H12O2.C5H6O4/c1-4-12-8(10)6-7(3)9(11)13-5-2;1-3-5-6-9-7(8)4-2;1-3(5(8)9)2-4(6)7/h3-6H2,1-2H3;4H,2-3,5-6H2,1H3;1-2H2,(H,6,7)(H,8,9). The van der Waals surface area contributed by atoms with E-state index in [4.69, 9.17) is 10.2 Å². The number of esters is 3. The number of aliphatic carboxylic acids is 2. The summed E-state index contributed by atoms with van der Waals surface area (Å²) >= 11 is 0. The van der Waals surface area contributed by atoms with Gasteiger partial charge in [0.1, 0.15) is 0 Å². The van der Waals surface area contributed by atoms with Crippen molar-refractivity contribution in [1.82, 2.24) is 0 Å². The Balaban J connectivity index is -0.000000390. The first-order valence-corrected chi connectivity index (χ1v) is 9.39. The van der Waals surface area contributed by atoms with E-state index in [1.807, 2.05) is 6.92 Å². The van der Waals surface area contributed by atoms with E-state index in [0.717, 1.165) is 12.8 Å². The van der Waals surface area contributed by atoms with Crippen molar-refractivity contribution in [2.24, 2.45) is 0 Å². The van der Waals surface area contributed by atoms with Crippen molar-refractivity contribution < 1.29 is 48.4 Å². The monoisotopic (exact) mass is 444 g/mol. The molecule has 0 atom stereocenters. The highest BCUT2D eigenvalue weighted by Gasteiger charge is 2.12. The van der Waals surface area contributed by atoms with Crippen LogP contribution in [0.4, 0.5) is 0 Å². The van der Waals surface area contributed by atoms with Crippen LogP contribution in [0.1, 0.15) is 46.5 Å². The zero-order chi connectivity index (χ0) is 24.8. The maximum absolute atomic E-state index is 11.0. The van der Waals surface area contributed by atoms with Gasteiger partial charge in [0.2, 0.25) is 0 Å². The first-order valence-electron chi connectivity index (χ1n) is 9.39. The summed E-state index contributed by atoms with van der Waals surface area (Å²) in [5.41, 5.74) is -0.178. The number of carbonyl (C=O) groups is 5. The van der Waals surface area contributed by atoms with Gasteiger partial charge >= 0.3 is 29.8 Å². The normalized spacial score (nSPS) is 8.74. The Hall–Kier alpha value is -3.43. The molecule has 0 aromatic heterocycles. The van der Waals surface area contributed by atoms with Gasteiger partial charge in [-0.3, -0.25) is 9.59 Å². The molecule has 2 N–H and O–H groups in total.